The van der Waals surface area contributed by atoms with E-state index in [1.165, 1.54) is 12.1 Å². The summed E-state index contributed by atoms with van der Waals surface area (Å²) in [7, 11) is 0. The second-order valence-corrected chi connectivity index (χ2v) is 6.85. The van der Waals surface area contributed by atoms with Crippen LogP contribution in [0.25, 0.3) is 21.5 Å². The van der Waals surface area contributed by atoms with Gasteiger partial charge in [0, 0.05) is 11.3 Å². The lowest BCUT2D eigenvalue weighted by Gasteiger charge is -2.09. The predicted molar refractivity (Wildman–Crippen MR) is 122 cm³/mol. The Kier molecular flexibility index (Phi) is 5.18. The van der Waals surface area contributed by atoms with Crippen molar-refractivity contribution in [3.8, 4) is 0 Å². The predicted octanol–water partition coefficient (Wildman–Crippen LogP) is 5.01. The number of nitrogens with zero attached hydrogens (tertiary/aromatic N) is 1. The topological polar surface area (TPSA) is 73.7 Å². The zero-order chi connectivity index (χ0) is 20.2. The van der Waals surface area contributed by atoms with Gasteiger partial charge in [0.2, 0.25) is 0 Å². The number of benzene rings is 4. The highest BCUT2D eigenvalue weighted by molar-refractivity contribution is 7.80. The number of hydrazone groups is 1. The molecule has 3 N–H and O–H groups in total. The number of nitrogens with one attached hydrogen (secondary N) is 2. The van der Waals surface area contributed by atoms with Gasteiger partial charge in [-0.2, -0.15) is 5.10 Å². The minimum absolute atomic E-state index is 0.184. The Hall–Kier alpha value is -3.77. The fourth-order valence-electron chi connectivity index (χ4n) is 3.23. The fourth-order valence-corrected chi connectivity index (χ4v) is 3.40. The Balaban J connectivity index is 1.57. The number of hydrogen-bond donors (Lipinski definition) is 3. The molecule has 4 rings (SSSR count). The van der Waals surface area contributed by atoms with E-state index in [-0.39, 0.29) is 10.7 Å². The third kappa shape index (κ3) is 4.07. The summed E-state index contributed by atoms with van der Waals surface area (Å²) in [4.78, 5) is 11.1. The first-order chi connectivity index (χ1) is 14.1. The van der Waals surface area contributed by atoms with Crippen LogP contribution in [0.4, 0.5) is 5.69 Å². The van der Waals surface area contributed by atoms with E-state index in [1.807, 2.05) is 24.3 Å². The third-order valence-corrected chi connectivity index (χ3v) is 4.73. The van der Waals surface area contributed by atoms with Crippen LogP contribution in [0.3, 0.4) is 0 Å². The summed E-state index contributed by atoms with van der Waals surface area (Å²) < 4.78 is 0. The van der Waals surface area contributed by atoms with Gasteiger partial charge in [0.1, 0.15) is 0 Å². The van der Waals surface area contributed by atoms with Crippen molar-refractivity contribution >= 4 is 56.7 Å². The van der Waals surface area contributed by atoms with Crippen LogP contribution in [0.2, 0.25) is 0 Å². The van der Waals surface area contributed by atoms with Crippen molar-refractivity contribution in [2.45, 2.75) is 0 Å². The quantitative estimate of drug-likeness (QED) is 0.195. The van der Waals surface area contributed by atoms with E-state index in [0.717, 1.165) is 27.1 Å². The summed E-state index contributed by atoms with van der Waals surface area (Å²) in [5.74, 6) is -0.992. The highest BCUT2D eigenvalue weighted by Gasteiger charge is 2.06. The lowest BCUT2D eigenvalue weighted by molar-refractivity contribution is 0.0697. The van der Waals surface area contributed by atoms with E-state index >= 15 is 0 Å². The average Bonchev–Trinajstić information content (AvgIpc) is 2.73. The molecule has 0 fully saturated rings. The van der Waals surface area contributed by atoms with E-state index in [2.05, 4.69) is 46.2 Å². The van der Waals surface area contributed by atoms with Crippen LogP contribution >= 0.6 is 12.2 Å². The van der Waals surface area contributed by atoms with E-state index in [9.17, 15) is 4.79 Å². The van der Waals surface area contributed by atoms with Crippen molar-refractivity contribution in [1.29, 1.82) is 0 Å². The molecule has 4 aromatic rings. The first-order valence-corrected chi connectivity index (χ1v) is 9.36. The van der Waals surface area contributed by atoms with Crippen LogP contribution in [0.1, 0.15) is 15.9 Å². The smallest absolute Gasteiger partial charge is 0.335 e. The molecule has 5 nitrogen and oxygen atoms in total. The van der Waals surface area contributed by atoms with Crippen LogP contribution in [0.5, 0.6) is 0 Å². The van der Waals surface area contributed by atoms with E-state index in [0.29, 0.717) is 5.69 Å². The molecule has 6 heteroatoms. The van der Waals surface area contributed by atoms with Crippen LogP contribution < -0.4 is 10.7 Å². The average molecular weight is 399 g/mol. The number of thiocarbonyl (C=S) groups is 1. The summed E-state index contributed by atoms with van der Waals surface area (Å²) in [6.45, 7) is 0. The molecule has 0 aromatic heterocycles. The number of rotatable bonds is 4. The molecule has 29 heavy (non-hydrogen) atoms. The molecular weight excluding hydrogens is 382 g/mol. The van der Waals surface area contributed by atoms with Crippen molar-refractivity contribution in [3.63, 3.8) is 0 Å². The largest absolute Gasteiger partial charge is 0.478 e. The standard InChI is InChI=1S/C23H17N3O2S/c27-22(28)17-8-5-9-18(13-17)25-23(29)26-24-14-21-19-10-3-1-6-15(19)12-16-7-2-4-11-20(16)21/h1-14H,(H,27,28)(H2,25,26,29)/b24-14+. The molecule has 4 aromatic carbocycles. The molecule has 0 aliphatic carbocycles. The van der Waals surface area contributed by atoms with E-state index in [4.69, 9.17) is 17.3 Å². The van der Waals surface area contributed by atoms with Gasteiger partial charge in [0.05, 0.1) is 11.8 Å². The van der Waals surface area contributed by atoms with Crippen molar-refractivity contribution in [2.75, 3.05) is 5.32 Å². The van der Waals surface area contributed by atoms with E-state index < -0.39 is 5.97 Å². The Morgan fingerprint density at radius 2 is 1.55 bits per heavy atom. The number of carboxylic acid groups (broad SMARTS) is 1. The molecule has 0 aliphatic heterocycles. The Labute approximate surface area is 172 Å². The van der Waals surface area contributed by atoms with Gasteiger partial charge in [-0.15, -0.1) is 0 Å². The maximum Gasteiger partial charge on any atom is 0.335 e. The molecule has 0 amide bonds. The highest BCUT2D eigenvalue weighted by Crippen LogP contribution is 2.27. The second kappa shape index (κ2) is 8.08. The van der Waals surface area contributed by atoms with Gasteiger partial charge in [0.25, 0.3) is 0 Å². The summed E-state index contributed by atoms with van der Waals surface area (Å²) in [6, 6.07) is 24.9. The lowest BCUT2D eigenvalue weighted by atomic mass is 9.97. The number of carboxylic acids is 1. The van der Waals surface area contributed by atoms with Gasteiger partial charge in [0.15, 0.2) is 5.11 Å². The van der Waals surface area contributed by atoms with Crippen molar-refractivity contribution in [2.24, 2.45) is 5.10 Å². The molecular formula is C23H17N3O2S. The maximum atomic E-state index is 11.1. The second-order valence-electron chi connectivity index (χ2n) is 6.44. The Bertz CT molecular complexity index is 1210. The molecule has 0 saturated heterocycles. The SMILES string of the molecule is O=C(O)c1cccc(NC(=S)N/N=C/c2c3ccccc3cc3ccccc23)c1. The van der Waals surface area contributed by atoms with Gasteiger partial charge < -0.3 is 10.4 Å². The van der Waals surface area contributed by atoms with Gasteiger partial charge in [-0.05, 0) is 58.0 Å². The molecule has 0 atom stereocenters. The lowest BCUT2D eigenvalue weighted by Crippen LogP contribution is -2.24. The highest BCUT2D eigenvalue weighted by atomic mass is 32.1. The fraction of sp³-hybridized carbons (Fsp3) is 0. The summed E-state index contributed by atoms with van der Waals surface area (Å²) >= 11 is 5.27. The van der Waals surface area contributed by atoms with Gasteiger partial charge >= 0.3 is 5.97 Å². The molecule has 0 saturated carbocycles. The number of hydrogen-bond acceptors (Lipinski definition) is 3. The molecule has 0 aliphatic rings. The molecule has 0 heterocycles. The van der Waals surface area contributed by atoms with Gasteiger partial charge in [-0.1, -0.05) is 54.6 Å². The molecule has 0 bridgehead atoms. The minimum Gasteiger partial charge on any atom is -0.478 e. The molecule has 142 valence electrons. The number of carbonyl (C=O) groups is 1. The summed E-state index contributed by atoms with van der Waals surface area (Å²) in [5.41, 5.74) is 4.56. The first kappa shape index (κ1) is 18.6. The van der Waals surface area contributed by atoms with Crippen molar-refractivity contribution in [1.82, 2.24) is 5.43 Å². The molecule has 0 unspecified atom stereocenters. The van der Waals surface area contributed by atoms with Gasteiger partial charge in [-0.3, -0.25) is 5.43 Å². The zero-order valence-corrected chi connectivity index (χ0v) is 16.1. The molecule has 0 radical (unpaired) electrons. The Morgan fingerprint density at radius 3 is 2.21 bits per heavy atom. The number of anilines is 1. The van der Waals surface area contributed by atoms with Crippen LogP contribution in [-0.2, 0) is 0 Å². The summed E-state index contributed by atoms with van der Waals surface area (Å²) in [5, 5.41) is 21.1. The third-order valence-electron chi connectivity index (χ3n) is 4.54. The Morgan fingerprint density at radius 1 is 0.897 bits per heavy atom. The van der Waals surface area contributed by atoms with Crippen LogP contribution in [-0.4, -0.2) is 22.4 Å². The van der Waals surface area contributed by atoms with Gasteiger partial charge in [-0.25, -0.2) is 4.79 Å². The maximum absolute atomic E-state index is 11.1. The van der Waals surface area contributed by atoms with Crippen molar-refractivity contribution in [3.05, 3.63) is 90.0 Å². The normalized spacial score (nSPS) is 11.0. The number of aromatic carboxylic acids is 1. The first-order valence-electron chi connectivity index (χ1n) is 8.96. The zero-order valence-electron chi connectivity index (χ0n) is 15.3. The summed E-state index contributed by atoms with van der Waals surface area (Å²) in [6.07, 6.45) is 1.76. The number of fused-ring (bicyclic) bond motifs is 2. The monoisotopic (exact) mass is 399 g/mol. The molecule has 0 spiro atoms. The van der Waals surface area contributed by atoms with E-state index in [1.54, 1.807) is 18.3 Å². The van der Waals surface area contributed by atoms with Crippen LogP contribution in [0.15, 0.2) is 84.0 Å². The van der Waals surface area contributed by atoms with Crippen molar-refractivity contribution < 1.29 is 9.90 Å². The minimum atomic E-state index is -0.992. The van der Waals surface area contributed by atoms with Crippen LogP contribution in [0, 0.1) is 0 Å².